The molecule has 0 atom stereocenters. The maximum atomic E-state index is 11.5. The molecule has 0 aromatic heterocycles. The van der Waals surface area contributed by atoms with E-state index in [-0.39, 0.29) is 23.2 Å². The number of carbonyl (C=O) groups excluding carboxylic acids is 1. The number of nitrogens with one attached hydrogen (secondary N) is 1. The van der Waals surface area contributed by atoms with Gasteiger partial charge in [0.25, 0.3) is 5.69 Å². The van der Waals surface area contributed by atoms with Crippen LogP contribution in [0.5, 0.6) is 0 Å². The predicted octanol–water partition coefficient (Wildman–Crippen LogP) is 2.71. The first-order chi connectivity index (χ1) is 7.58. The first-order valence-electron chi connectivity index (χ1n) is 4.83. The molecule has 1 saturated carbocycles. The Morgan fingerprint density at radius 1 is 1.50 bits per heavy atom. The van der Waals surface area contributed by atoms with Crippen molar-refractivity contribution >= 4 is 33.2 Å². The lowest BCUT2D eigenvalue weighted by Gasteiger charge is -2.05. The van der Waals surface area contributed by atoms with E-state index in [0.29, 0.717) is 4.47 Å². The molecule has 16 heavy (non-hydrogen) atoms. The highest BCUT2D eigenvalue weighted by Gasteiger charge is 2.30. The molecule has 1 fully saturated rings. The second kappa shape index (κ2) is 4.21. The van der Waals surface area contributed by atoms with Crippen molar-refractivity contribution in [3.8, 4) is 0 Å². The highest BCUT2D eigenvalue weighted by molar-refractivity contribution is 9.10. The summed E-state index contributed by atoms with van der Waals surface area (Å²) in [7, 11) is 0. The second-order valence-corrected chi connectivity index (χ2v) is 4.60. The van der Waals surface area contributed by atoms with Crippen LogP contribution in [0.2, 0.25) is 0 Å². The third-order valence-corrected chi connectivity index (χ3v) is 2.86. The van der Waals surface area contributed by atoms with E-state index >= 15 is 0 Å². The molecular formula is C10H9BrN2O3. The van der Waals surface area contributed by atoms with E-state index in [1.165, 1.54) is 12.1 Å². The van der Waals surface area contributed by atoms with Gasteiger partial charge in [-0.15, -0.1) is 0 Å². The van der Waals surface area contributed by atoms with Crippen LogP contribution in [-0.2, 0) is 4.79 Å². The maximum Gasteiger partial charge on any atom is 0.293 e. The van der Waals surface area contributed by atoms with Crippen molar-refractivity contribution in [3.05, 3.63) is 32.8 Å². The Kier molecular flexibility index (Phi) is 2.91. The summed E-state index contributed by atoms with van der Waals surface area (Å²) in [6.45, 7) is 0. The molecule has 1 aromatic rings. The van der Waals surface area contributed by atoms with Crippen LogP contribution < -0.4 is 5.32 Å². The minimum atomic E-state index is -0.507. The van der Waals surface area contributed by atoms with E-state index < -0.39 is 4.92 Å². The molecule has 1 aliphatic rings. The molecule has 1 aromatic carbocycles. The van der Waals surface area contributed by atoms with Crippen LogP contribution in [0.1, 0.15) is 12.8 Å². The van der Waals surface area contributed by atoms with Crippen molar-refractivity contribution < 1.29 is 9.72 Å². The van der Waals surface area contributed by atoms with Crippen LogP contribution >= 0.6 is 15.9 Å². The van der Waals surface area contributed by atoms with Gasteiger partial charge < -0.3 is 5.32 Å². The highest BCUT2D eigenvalue weighted by atomic mass is 79.9. The lowest BCUT2D eigenvalue weighted by Crippen LogP contribution is -2.14. The van der Waals surface area contributed by atoms with Gasteiger partial charge in [0, 0.05) is 16.5 Å². The van der Waals surface area contributed by atoms with Crippen molar-refractivity contribution in [1.82, 2.24) is 0 Å². The van der Waals surface area contributed by atoms with E-state index in [1.807, 2.05) is 0 Å². The molecule has 0 unspecified atom stereocenters. The van der Waals surface area contributed by atoms with Crippen molar-refractivity contribution in [2.24, 2.45) is 5.92 Å². The molecule has 6 heteroatoms. The highest BCUT2D eigenvalue weighted by Crippen LogP contribution is 2.33. The first-order valence-corrected chi connectivity index (χ1v) is 5.62. The van der Waals surface area contributed by atoms with Gasteiger partial charge in [-0.25, -0.2) is 0 Å². The summed E-state index contributed by atoms with van der Waals surface area (Å²) in [5.74, 6) is -0.103. The van der Waals surface area contributed by atoms with E-state index in [4.69, 9.17) is 0 Å². The fourth-order valence-corrected chi connectivity index (χ4v) is 1.69. The summed E-state index contributed by atoms with van der Waals surface area (Å²) < 4.78 is 0.614. The smallest absolute Gasteiger partial charge is 0.293 e. The van der Waals surface area contributed by atoms with Gasteiger partial charge >= 0.3 is 0 Å². The number of carbonyl (C=O) groups is 1. The SMILES string of the molecule is O=C(Nc1ccc(Br)cc1[N+](=O)[O-])C1CC1. The number of hydrogen-bond donors (Lipinski definition) is 1. The summed E-state index contributed by atoms with van der Waals surface area (Å²) in [5.41, 5.74) is 0.161. The molecule has 1 amide bonds. The molecule has 0 saturated heterocycles. The van der Waals surface area contributed by atoms with E-state index in [2.05, 4.69) is 21.2 Å². The van der Waals surface area contributed by atoms with Crippen molar-refractivity contribution in [2.45, 2.75) is 12.8 Å². The van der Waals surface area contributed by atoms with Gasteiger partial charge in [-0.1, -0.05) is 15.9 Å². The zero-order chi connectivity index (χ0) is 11.7. The fourth-order valence-electron chi connectivity index (χ4n) is 1.34. The molecule has 1 aliphatic carbocycles. The number of anilines is 1. The Balaban J connectivity index is 2.24. The molecule has 2 rings (SSSR count). The quantitative estimate of drug-likeness (QED) is 0.685. The van der Waals surface area contributed by atoms with E-state index in [1.54, 1.807) is 6.07 Å². The van der Waals surface area contributed by atoms with Crippen LogP contribution in [0.4, 0.5) is 11.4 Å². The Morgan fingerprint density at radius 2 is 2.19 bits per heavy atom. The van der Waals surface area contributed by atoms with Crippen LogP contribution in [0, 0.1) is 16.0 Å². The molecule has 84 valence electrons. The molecule has 0 spiro atoms. The molecule has 0 aliphatic heterocycles. The van der Waals surface area contributed by atoms with Crippen LogP contribution in [0.25, 0.3) is 0 Å². The Hall–Kier alpha value is -1.43. The number of nitrogens with zero attached hydrogens (tertiary/aromatic N) is 1. The molecular weight excluding hydrogens is 276 g/mol. The summed E-state index contributed by atoms with van der Waals surface area (Å²) in [5, 5.41) is 13.4. The average molecular weight is 285 g/mol. The molecule has 5 nitrogen and oxygen atoms in total. The van der Waals surface area contributed by atoms with Crippen LogP contribution in [0.15, 0.2) is 22.7 Å². The van der Waals surface area contributed by atoms with Gasteiger partial charge in [-0.3, -0.25) is 14.9 Å². The summed E-state index contributed by atoms with van der Waals surface area (Å²) in [4.78, 5) is 21.8. The maximum absolute atomic E-state index is 11.5. The molecule has 1 N–H and O–H groups in total. The topological polar surface area (TPSA) is 72.2 Å². The van der Waals surface area contributed by atoms with Gasteiger partial charge in [0.2, 0.25) is 5.91 Å². The number of halogens is 1. The van der Waals surface area contributed by atoms with Gasteiger partial charge in [0.15, 0.2) is 0 Å². The molecule has 0 bridgehead atoms. The zero-order valence-corrected chi connectivity index (χ0v) is 9.86. The number of amides is 1. The number of rotatable bonds is 3. The lowest BCUT2D eigenvalue weighted by molar-refractivity contribution is -0.384. The molecule has 0 heterocycles. The number of benzene rings is 1. The first kappa shape index (κ1) is 11.1. The fraction of sp³-hybridized carbons (Fsp3) is 0.300. The van der Waals surface area contributed by atoms with Crippen molar-refractivity contribution in [1.29, 1.82) is 0 Å². The normalized spacial score (nSPS) is 14.6. The Labute approximate surface area is 100 Å². The zero-order valence-electron chi connectivity index (χ0n) is 8.27. The number of nitro benzene ring substituents is 1. The van der Waals surface area contributed by atoms with E-state index in [0.717, 1.165) is 12.8 Å². The van der Waals surface area contributed by atoms with Gasteiger partial charge in [0.05, 0.1) is 4.92 Å². The summed E-state index contributed by atoms with van der Waals surface area (Å²) >= 11 is 3.15. The molecule has 0 radical (unpaired) electrons. The minimum Gasteiger partial charge on any atom is -0.320 e. The Bertz CT molecular complexity index is 457. The van der Waals surface area contributed by atoms with Crippen molar-refractivity contribution in [3.63, 3.8) is 0 Å². The second-order valence-electron chi connectivity index (χ2n) is 3.68. The standard InChI is InChI=1S/C10H9BrN2O3/c11-7-3-4-8(9(5-7)13(15)16)12-10(14)6-1-2-6/h3-6H,1-2H2,(H,12,14). The van der Waals surface area contributed by atoms with Crippen molar-refractivity contribution in [2.75, 3.05) is 5.32 Å². The summed E-state index contributed by atoms with van der Waals surface area (Å²) in [6, 6.07) is 4.57. The van der Waals surface area contributed by atoms with Gasteiger partial charge in [0.1, 0.15) is 5.69 Å². The monoisotopic (exact) mass is 284 g/mol. The third-order valence-electron chi connectivity index (χ3n) is 2.36. The Morgan fingerprint density at radius 3 is 2.75 bits per heavy atom. The minimum absolute atomic E-state index is 0.0308. The number of hydrogen-bond acceptors (Lipinski definition) is 3. The average Bonchev–Trinajstić information content (AvgIpc) is 3.03. The predicted molar refractivity (Wildman–Crippen MR) is 62.2 cm³/mol. The van der Waals surface area contributed by atoms with Gasteiger partial charge in [-0.2, -0.15) is 0 Å². The van der Waals surface area contributed by atoms with Crippen LogP contribution in [0.3, 0.4) is 0 Å². The largest absolute Gasteiger partial charge is 0.320 e. The van der Waals surface area contributed by atoms with Gasteiger partial charge in [-0.05, 0) is 25.0 Å². The number of nitro groups is 1. The van der Waals surface area contributed by atoms with E-state index in [9.17, 15) is 14.9 Å². The third kappa shape index (κ3) is 2.38. The lowest BCUT2D eigenvalue weighted by atomic mass is 10.2. The summed E-state index contributed by atoms with van der Waals surface area (Å²) in [6.07, 6.45) is 1.74. The van der Waals surface area contributed by atoms with Crippen LogP contribution in [-0.4, -0.2) is 10.8 Å².